The van der Waals surface area contributed by atoms with Crippen molar-refractivity contribution in [3.05, 3.63) is 34.1 Å². The molecular formula is C7H6Br2FN. The first-order valence-corrected chi connectivity index (χ1v) is 4.66. The van der Waals surface area contributed by atoms with Crippen molar-refractivity contribution in [3.8, 4) is 0 Å². The van der Waals surface area contributed by atoms with Crippen LogP contribution in [0.15, 0.2) is 22.7 Å². The predicted octanol–water partition coefficient (Wildman–Crippen LogP) is 2.94. The van der Waals surface area contributed by atoms with Gasteiger partial charge in [0.25, 0.3) is 0 Å². The van der Waals surface area contributed by atoms with E-state index < -0.39 is 4.95 Å². The van der Waals surface area contributed by atoms with E-state index >= 15 is 0 Å². The lowest BCUT2D eigenvalue weighted by Crippen LogP contribution is -2.03. The molecule has 1 atom stereocenters. The van der Waals surface area contributed by atoms with Crippen LogP contribution in [-0.2, 0) is 0 Å². The van der Waals surface area contributed by atoms with Gasteiger partial charge in [-0.25, -0.2) is 4.39 Å². The van der Waals surface area contributed by atoms with Gasteiger partial charge in [0.05, 0.1) is 4.95 Å². The summed E-state index contributed by atoms with van der Waals surface area (Å²) in [4.78, 5) is -0.444. The molecule has 0 saturated heterocycles. The van der Waals surface area contributed by atoms with Gasteiger partial charge in [0, 0.05) is 10.0 Å². The summed E-state index contributed by atoms with van der Waals surface area (Å²) in [6, 6.07) is 4.66. The zero-order valence-electron chi connectivity index (χ0n) is 5.52. The van der Waals surface area contributed by atoms with Gasteiger partial charge in [-0.3, -0.25) is 0 Å². The Labute approximate surface area is 81.0 Å². The third-order valence-corrected chi connectivity index (χ3v) is 2.24. The van der Waals surface area contributed by atoms with Gasteiger partial charge in [0.15, 0.2) is 0 Å². The first-order valence-electron chi connectivity index (χ1n) is 2.96. The monoisotopic (exact) mass is 281 g/mol. The number of hydrogen-bond acceptors (Lipinski definition) is 1. The maximum atomic E-state index is 12.9. The third kappa shape index (κ3) is 2.25. The van der Waals surface area contributed by atoms with Gasteiger partial charge in [-0.15, -0.1) is 0 Å². The number of halogens is 3. The molecule has 0 aliphatic rings. The van der Waals surface area contributed by atoms with Crippen LogP contribution < -0.4 is 5.73 Å². The van der Waals surface area contributed by atoms with Crippen LogP contribution in [0.3, 0.4) is 0 Å². The number of alkyl halides is 1. The van der Waals surface area contributed by atoms with Crippen LogP contribution in [0.25, 0.3) is 0 Å². The smallest absolute Gasteiger partial charge is 0.128 e. The topological polar surface area (TPSA) is 26.0 Å². The van der Waals surface area contributed by atoms with Crippen molar-refractivity contribution in [2.75, 3.05) is 0 Å². The molecule has 0 aliphatic heterocycles. The van der Waals surface area contributed by atoms with Crippen molar-refractivity contribution < 1.29 is 4.39 Å². The summed E-state index contributed by atoms with van der Waals surface area (Å²) in [5.41, 5.74) is 5.90. The van der Waals surface area contributed by atoms with Gasteiger partial charge in [0.2, 0.25) is 0 Å². The van der Waals surface area contributed by atoms with Crippen LogP contribution >= 0.6 is 31.9 Å². The van der Waals surface area contributed by atoms with Gasteiger partial charge in [0.1, 0.15) is 5.82 Å². The highest BCUT2D eigenvalue weighted by molar-refractivity contribution is 9.10. The summed E-state index contributed by atoms with van der Waals surface area (Å²) in [5.74, 6) is -0.294. The fraction of sp³-hybridized carbons (Fsp3) is 0.143. The fourth-order valence-corrected chi connectivity index (χ4v) is 1.46. The Balaban J connectivity index is 3.13. The molecular weight excluding hydrogens is 277 g/mol. The SMILES string of the molecule is NC(Br)c1cc(Br)ccc1F. The molecule has 0 spiro atoms. The highest BCUT2D eigenvalue weighted by Gasteiger charge is 2.07. The summed E-state index contributed by atoms with van der Waals surface area (Å²) < 4.78 is 13.7. The van der Waals surface area contributed by atoms with E-state index in [2.05, 4.69) is 31.9 Å². The van der Waals surface area contributed by atoms with Gasteiger partial charge in [-0.2, -0.15) is 0 Å². The molecule has 0 aromatic heterocycles. The second-order valence-corrected chi connectivity index (χ2v) is 3.97. The Hall–Kier alpha value is 0.0700. The number of nitrogens with two attached hydrogens (primary N) is 1. The second kappa shape index (κ2) is 3.65. The van der Waals surface area contributed by atoms with Crippen LogP contribution in [0.2, 0.25) is 0 Å². The Bertz CT molecular complexity index is 263. The quantitative estimate of drug-likeness (QED) is 0.622. The Morgan fingerprint density at radius 3 is 2.55 bits per heavy atom. The number of rotatable bonds is 1. The van der Waals surface area contributed by atoms with E-state index in [1.54, 1.807) is 12.1 Å². The van der Waals surface area contributed by atoms with E-state index in [-0.39, 0.29) is 5.82 Å². The van der Waals surface area contributed by atoms with Crippen LogP contribution in [-0.4, -0.2) is 0 Å². The molecule has 0 aliphatic carbocycles. The molecule has 1 aromatic rings. The molecule has 1 unspecified atom stereocenters. The zero-order chi connectivity index (χ0) is 8.43. The van der Waals surface area contributed by atoms with Gasteiger partial charge < -0.3 is 5.73 Å². The number of benzene rings is 1. The molecule has 4 heteroatoms. The minimum Gasteiger partial charge on any atom is -0.315 e. The van der Waals surface area contributed by atoms with Gasteiger partial charge in [-0.05, 0) is 18.2 Å². The van der Waals surface area contributed by atoms with E-state index in [1.165, 1.54) is 6.07 Å². The van der Waals surface area contributed by atoms with Crippen LogP contribution in [0.1, 0.15) is 10.5 Å². The van der Waals surface area contributed by atoms with Gasteiger partial charge >= 0.3 is 0 Å². The molecule has 60 valence electrons. The minimum absolute atomic E-state index is 0.294. The third-order valence-electron chi connectivity index (χ3n) is 1.26. The Kier molecular flexibility index (Phi) is 3.04. The molecule has 0 bridgehead atoms. The summed E-state index contributed by atoms with van der Waals surface area (Å²) in [7, 11) is 0. The zero-order valence-corrected chi connectivity index (χ0v) is 8.69. The van der Waals surface area contributed by atoms with E-state index in [4.69, 9.17) is 5.73 Å². The van der Waals surface area contributed by atoms with E-state index in [0.29, 0.717) is 5.56 Å². The Morgan fingerprint density at radius 2 is 2.09 bits per heavy atom. The second-order valence-electron chi connectivity index (χ2n) is 2.07. The number of hydrogen-bond donors (Lipinski definition) is 1. The normalized spacial score (nSPS) is 13.1. The summed E-state index contributed by atoms with van der Waals surface area (Å²) in [5, 5.41) is 0. The molecule has 0 radical (unpaired) electrons. The van der Waals surface area contributed by atoms with Crippen LogP contribution in [0.5, 0.6) is 0 Å². The molecule has 1 aromatic carbocycles. The fourth-order valence-electron chi connectivity index (χ4n) is 0.726. The van der Waals surface area contributed by atoms with Crippen molar-refractivity contribution in [1.29, 1.82) is 0 Å². The lowest BCUT2D eigenvalue weighted by Gasteiger charge is -2.04. The molecule has 0 heterocycles. The predicted molar refractivity (Wildman–Crippen MR) is 50.0 cm³/mol. The Morgan fingerprint density at radius 1 is 1.45 bits per heavy atom. The molecule has 2 N–H and O–H groups in total. The minimum atomic E-state index is -0.444. The molecule has 0 fully saturated rings. The lowest BCUT2D eigenvalue weighted by atomic mass is 10.2. The summed E-state index contributed by atoms with van der Waals surface area (Å²) in [6.45, 7) is 0. The summed E-state index contributed by atoms with van der Waals surface area (Å²) >= 11 is 6.31. The first kappa shape index (κ1) is 9.16. The van der Waals surface area contributed by atoms with E-state index in [0.717, 1.165) is 4.47 Å². The van der Waals surface area contributed by atoms with Crippen molar-refractivity contribution in [2.45, 2.75) is 4.95 Å². The first-order chi connectivity index (χ1) is 5.11. The highest BCUT2D eigenvalue weighted by Crippen LogP contribution is 2.23. The van der Waals surface area contributed by atoms with Crippen molar-refractivity contribution in [1.82, 2.24) is 0 Å². The standard InChI is InChI=1S/C7H6Br2FN/c8-4-1-2-6(10)5(3-4)7(9)11/h1-3,7H,11H2. The molecule has 0 saturated carbocycles. The highest BCUT2D eigenvalue weighted by atomic mass is 79.9. The largest absolute Gasteiger partial charge is 0.315 e. The molecule has 0 amide bonds. The summed E-state index contributed by atoms with van der Waals surface area (Å²) in [6.07, 6.45) is 0. The lowest BCUT2D eigenvalue weighted by molar-refractivity contribution is 0.609. The average Bonchev–Trinajstić information content (AvgIpc) is 1.94. The maximum Gasteiger partial charge on any atom is 0.128 e. The maximum absolute atomic E-state index is 12.9. The van der Waals surface area contributed by atoms with E-state index in [1.807, 2.05) is 0 Å². The van der Waals surface area contributed by atoms with Crippen molar-refractivity contribution in [2.24, 2.45) is 5.73 Å². The molecule has 1 rings (SSSR count). The molecule has 1 nitrogen and oxygen atoms in total. The van der Waals surface area contributed by atoms with E-state index in [9.17, 15) is 4.39 Å². The van der Waals surface area contributed by atoms with Crippen LogP contribution in [0, 0.1) is 5.82 Å². The average molecular weight is 283 g/mol. The molecule has 11 heavy (non-hydrogen) atoms. The van der Waals surface area contributed by atoms with Crippen LogP contribution in [0.4, 0.5) is 4.39 Å². The van der Waals surface area contributed by atoms with Crippen molar-refractivity contribution in [3.63, 3.8) is 0 Å². The van der Waals surface area contributed by atoms with Crippen molar-refractivity contribution >= 4 is 31.9 Å². The van der Waals surface area contributed by atoms with Gasteiger partial charge in [-0.1, -0.05) is 31.9 Å².